The number of aromatic nitrogens is 3. The van der Waals surface area contributed by atoms with Gasteiger partial charge in [-0.2, -0.15) is 0 Å². The van der Waals surface area contributed by atoms with Crippen LogP contribution < -0.4 is 10.2 Å². The molecule has 0 saturated carbocycles. The third-order valence-electron chi connectivity index (χ3n) is 4.88. The van der Waals surface area contributed by atoms with Gasteiger partial charge in [-0.25, -0.2) is 9.97 Å². The maximum Gasteiger partial charge on any atom is 0.276 e. The normalized spacial score (nSPS) is 10.8. The summed E-state index contributed by atoms with van der Waals surface area (Å²) in [6, 6.07) is 19.5. The Balaban J connectivity index is 1.46. The largest absolute Gasteiger partial charge is 0.370 e. The summed E-state index contributed by atoms with van der Waals surface area (Å²) in [6.45, 7) is 2.50. The third-order valence-corrected chi connectivity index (χ3v) is 4.88. The van der Waals surface area contributed by atoms with Gasteiger partial charge in [0.25, 0.3) is 5.91 Å². The Morgan fingerprint density at radius 3 is 2.66 bits per heavy atom. The first-order valence-electron chi connectivity index (χ1n) is 9.59. The number of fused-ring (bicyclic) bond motifs is 1. The summed E-state index contributed by atoms with van der Waals surface area (Å²) in [7, 11) is 1.75. The van der Waals surface area contributed by atoms with Crippen molar-refractivity contribution in [2.75, 3.05) is 23.8 Å². The van der Waals surface area contributed by atoms with E-state index in [2.05, 4.69) is 32.4 Å². The lowest BCUT2D eigenvalue weighted by molar-refractivity contribution is 0.0988. The maximum atomic E-state index is 12.9. The van der Waals surface area contributed by atoms with Gasteiger partial charge in [0.15, 0.2) is 0 Å². The number of aryl methyl sites for hydroxylation is 1. The quantitative estimate of drug-likeness (QED) is 0.522. The van der Waals surface area contributed by atoms with E-state index in [4.69, 9.17) is 0 Å². The first-order valence-corrected chi connectivity index (χ1v) is 9.59. The molecule has 0 atom stereocenters. The lowest BCUT2D eigenvalue weighted by Crippen LogP contribution is -2.27. The highest BCUT2D eigenvalue weighted by molar-refractivity contribution is 6.04. The number of rotatable bonds is 6. The summed E-state index contributed by atoms with van der Waals surface area (Å²) in [5.41, 5.74) is 3.58. The van der Waals surface area contributed by atoms with E-state index in [9.17, 15) is 4.79 Å². The van der Waals surface area contributed by atoms with E-state index in [0.29, 0.717) is 23.9 Å². The smallest absolute Gasteiger partial charge is 0.276 e. The number of benzene rings is 2. The van der Waals surface area contributed by atoms with Gasteiger partial charge < -0.3 is 15.2 Å². The van der Waals surface area contributed by atoms with Crippen molar-refractivity contribution in [3.05, 3.63) is 83.9 Å². The molecule has 146 valence electrons. The Bertz CT molecular complexity index is 1140. The standard InChI is InChI=1S/C23H23N5O/c1-16-26-21(23(29)28(2)18-8-4-3-5-9-18)14-22(27-16)24-13-12-17-15-25-20-11-7-6-10-19(17)20/h3-11,14-15,25H,12-13H2,1-2H3,(H,24,26,27). The highest BCUT2D eigenvalue weighted by Gasteiger charge is 2.16. The zero-order valence-electron chi connectivity index (χ0n) is 16.5. The molecule has 2 aromatic carbocycles. The van der Waals surface area contributed by atoms with Crippen molar-refractivity contribution < 1.29 is 4.79 Å². The van der Waals surface area contributed by atoms with E-state index < -0.39 is 0 Å². The summed E-state index contributed by atoms with van der Waals surface area (Å²) in [5, 5.41) is 4.56. The number of nitrogens with one attached hydrogen (secondary N) is 2. The molecule has 0 aliphatic heterocycles. The Labute approximate surface area is 169 Å². The molecule has 6 heteroatoms. The SMILES string of the molecule is Cc1nc(NCCc2c[nH]c3ccccc23)cc(C(=O)N(C)c2ccccc2)n1. The number of H-pyrrole nitrogens is 1. The lowest BCUT2D eigenvalue weighted by Gasteiger charge is -2.17. The van der Waals surface area contributed by atoms with E-state index in [-0.39, 0.29) is 5.91 Å². The topological polar surface area (TPSA) is 73.9 Å². The minimum Gasteiger partial charge on any atom is -0.370 e. The van der Waals surface area contributed by atoms with E-state index in [0.717, 1.165) is 17.6 Å². The van der Waals surface area contributed by atoms with Gasteiger partial charge in [-0.05, 0) is 37.1 Å². The summed E-state index contributed by atoms with van der Waals surface area (Å²) >= 11 is 0. The van der Waals surface area contributed by atoms with Gasteiger partial charge in [0, 0.05) is 42.4 Å². The van der Waals surface area contributed by atoms with Crippen LogP contribution in [0.25, 0.3) is 10.9 Å². The number of amides is 1. The minimum absolute atomic E-state index is 0.165. The molecule has 4 aromatic rings. The number of carbonyl (C=O) groups is 1. The van der Waals surface area contributed by atoms with Crippen LogP contribution in [0.3, 0.4) is 0 Å². The number of anilines is 2. The van der Waals surface area contributed by atoms with Crippen molar-refractivity contribution >= 4 is 28.3 Å². The van der Waals surface area contributed by atoms with Crippen LogP contribution in [0, 0.1) is 6.92 Å². The van der Waals surface area contributed by atoms with E-state index in [1.54, 1.807) is 24.9 Å². The summed E-state index contributed by atoms with van der Waals surface area (Å²) < 4.78 is 0. The molecular weight excluding hydrogens is 362 g/mol. The predicted octanol–water partition coefficient (Wildman–Crippen LogP) is 4.20. The van der Waals surface area contributed by atoms with Crippen LogP contribution in [0.2, 0.25) is 0 Å². The van der Waals surface area contributed by atoms with Crippen LogP contribution >= 0.6 is 0 Å². The first-order chi connectivity index (χ1) is 14.1. The van der Waals surface area contributed by atoms with Crippen molar-refractivity contribution in [2.45, 2.75) is 13.3 Å². The Morgan fingerprint density at radius 2 is 1.83 bits per heavy atom. The predicted molar refractivity (Wildman–Crippen MR) is 116 cm³/mol. The fourth-order valence-electron chi connectivity index (χ4n) is 3.37. The molecule has 2 N–H and O–H groups in total. The highest BCUT2D eigenvalue weighted by atomic mass is 16.2. The van der Waals surface area contributed by atoms with Crippen LogP contribution in [0.1, 0.15) is 21.9 Å². The molecule has 1 amide bonds. The fourth-order valence-corrected chi connectivity index (χ4v) is 3.37. The van der Waals surface area contributed by atoms with E-state index >= 15 is 0 Å². The number of aromatic amines is 1. The number of carbonyl (C=O) groups excluding carboxylic acids is 1. The first kappa shape index (κ1) is 18.7. The monoisotopic (exact) mass is 385 g/mol. The molecule has 2 heterocycles. The second-order valence-corrected chi connectivity index (χ2v) is 6.92. The summed E-state index contributed by atoms with van der Waals surface area (Å²) in [4.78, 5) is 26.5. The minimum atomic E-state index is -0.165. The maximum absolute atomic E-state index is 12.9. The van der Waals surface area contributed by atoms with E-state index in [1.165, 1.54) is 10.9 Å². The zero-order chi connectivity index (χ0) is 20.2. The lowest BCUT2D eigenvalue weighted by atomic mass is 10.1. The third kappa shape index (κ3) is 4.11. The molecule has 0 fully saturated rings. The van der Waals surface area contributed by atoms with Gasteiger partial charge in [-0.1, -0.05) is 36.4 Å². The van der Waals surface area contributed by atoms with Crippen molar-refractivity contribution in [1.82, 2.24) is 15.0 Å². The molecule has 6 nitrogen and oxygen atoms in total. The van der Waals surface area contributed by atoms with Crippen molar-refractivity contribution in [3.63, 3.8) is 0 Å². The molecule has 29 heavy (non-hydrogen) atoms. The zero-order valence-corrected chi connectivity index (χ0v) is 16.5. The molecular formula is C23H23N5O. The Kier molecular flexibility index (Phi) is 5.24. The van der Waals surface area contributed by atoms with Gasteiger partial charge in [-0.15, -0.1) is 0 Å². The Morgan fingerprint density at radius 1 is 1.07 bits per heavy atom. The van der Waals surface area contributed by atoms with Crippen LogP contribution in [-0.2, 0) is 6.42 Å². The van der Waals surface area contributed by atoms with Crippen molar-refractivity contribution in [3.8, 4) is 0 Å². The van der Waals surface area contributed by atoms with Crippen LogP contribution in [0.4, 0.5) is 11.5 Å². The molecule has 4 rings (SSSR count). The second-order valence-electron chi connectivity index (χ2n) is 6.92. The fraction of sp³-hybridized carbons (Fsp3) is 0.174. The molecule has 0 spiro atoms. The van der Waals surface area contributed by atoms with Crippen LogP contribution in [-0.4, -0.2) is 34.5 Å². The van der Waals surface area contributed by atoms with Crippen molar-refractivity contribution in [2.24, 2.45) is 0 Å². The van der Waals surface area contributed by atoms with Gasteiger partial charge >= 0.3 is 0 Å². The molecule has 0 saturated heterocycles. The summed E-state index contributed by atoms with van der Waals surface area (Å²) in [6.07, 6.45) is 2.89. The van der Waals surface area contributed by atoms with Gasteiger partial charge in [0.05, 0.1) is 0 Å². The number of hydrogen-bond donors (Lipinski definition) is 2. The molecule has 0 bridgehead atoms. The average molecular weight is 385 g/mol. The molecule has 0 aliphatic carbocycles. The van der Waals surface area contributed by atoms with Gasteiger partial charge in [-0.3, -0.25) is 4.79 Å². The van der Waals surface area contributed by atoms with Crippen LogP contribution in [0.5, 0.6) is 0 Å². The summed E-state index contributed by atoms with van der Waals surface area (Å²) in [5.74, 6) is 1.05. The molecule has 0 unspecified atom stereocenters. The Hall–Kier alpha value is -3.67. The van der Waals surface area contributed by atoms with Crippen LogP contribution in [0.15, 0.2) is 66.9 Å². The van der Waals surface area contributed by atoms with Gasteiger partial charge in [0.2, 0.25) is 0 Å². The molecule has 2 aromatic heterocycles. The number of hydrogen-bond acceptors (Lipinski definition) is 4. The van der Waals surface area contributed by atoms with Crippen molar-refractivity contribution in [1.29, 1.82) is 0 Å². The van der Waals surface area contributed by atoms with E-state index in [1.807, 2.05) is 48.7 Å². The molecule has 0 aliphatic rings. The number of nitrogens with zero attached hydrogens (tertiary/aromatic N) is 3. The number of para-hydroxylation sites is 2. The highest BCUT2D eigenvalue weighted by Crippen LogP contribution is 2.19. The average Bonchev–Trinajstić information content (AvgIpc) is 3.16. The second kappa shape index (κ2) is 8.14. The molecule has 0 radical (unpaired) electrons. The van der Waals surface area contributed by atoms with Gasteiger partial charge in [0.1, 0.15) is 17.3 Å².